The zero-order chi connectivity index (χ0) is 15.4. The van der Waals surface area contributed by atoms with E-state index >= 15 is 0 Å². The molecule has 5 heteroatoms. The Kier molecular flexibility index (Phi) is 5.20. The third-order valence-corrected chi connectivity index (χ3v) is 3.54. The van der Waals surface area contributed by atoms with Gasteiger partial charge in [0, 0.05) is 15.6 Å². The fraction of sp³-hybridized carbons (Fsp3) is 0.250. The van der Waals surface area contributed by atoms with Crippen LogP contribution in [-0.2, 0) is 6.61 Å². The predicted octanol–water partition coefficient (Wildman–Crippen LogP) is 4.23. The number of ether oxygens (including phenoxy) is 2. The van der Waals surface area contributed by atoms with Crippen LogP contribution in [-0.4, -0.2) is 12.2 Å². The van der Waals surface area contributed by atoms with Crippen molar-refractivity contribution in [3.05, 3.63) is 57.8 Å². The van der Waals surface area contributed by atoms with Crippen molar-refractivity contribution in [1.82, 2.24) is 0 Å². The lowest BCUT2D eigenvalue weighted by Crippen LogP contribution is -2.03. The average molecular weight is 355 g/mol. The van der Waals surface area contributed by atoms with E-state index in [9.17, 15) is 9.50 Å². The molecule has 0 aliphatic carbocycles. The fourth-order valence-corrected chi connectivity index (χ4v) is 2.40. The van der Waals surface area contributed by atoms with Crippen LogP contribution in [0.5, 0.6) is 11.5 Å². The van der Waals surface area contributed by atoms with Crippen molar-refractivity contribution in [2.45, 2.75) is 19.6 Å². The molecule has 2 aromatic rings. The first kappa shape index (κ1) is 15.8. The number of methoxy groups -OCH3 is 1. The van der Waals surface area contributed by atoms with E-state index < -0.39 is 11.9 Å². The molecule has 0 aliphatic rings. The topological polar surface area (TPSA) is 38.7 Å². The van der Waals surface area contributed by atoms with Crippen LogP contribution < -0.4 is 9.47 Å². The second-order valence-corrected chi connectivity index (χ2v) is 5.52. The number of hydrogen-bond acceptors (Lipinski definition) is 3. The molecule has 0 fully saturated rings. The van der Waals surface area contributed by atoms with Crippen LogP contribution in [0.15, 0.2) is 40.9 Å². The summed E-state index contributed by atoms with van der Waals surface area (Å²) in [5.74, 6) is 0.755. The third kappa shape index (κ3) is 3.95. The Bertz CT molecular complexity index is 629. The van der Waals surface area contributed by atoms with Crippen molar-refractivity contribution < 1.29 is 19.0 Å². The van der Waals surface area contributed by atoms with Gasteiger partial charge in [-0.2, -0.15) is 0 Å². The van der Waals surface area contributed by atoms with Gasteiger partial charge >= 0.3 is 0 Å². The number of benzene rings is 2. The molecule has 2 aromatic carbocycles. The van der Waals surface area contributed by atoms with Gasteiger partial charge < -0.3 is 14.6 Å². The van der Waals surface area contributed by atoms with Crippen molar-refractivity contribution in [3.8, 4) is 11.5 Å². The molecule has 0 aliphatic heterocycles. The Balaban J connectivity index is 2.22. The number of aliphatic hydroxyl groups is 1. The highest BCUT2D eigenvalue weighted by atomic mass is 79.9. The Morgan fingerprint density at radius 2 is 1.90 bits per heavy atom. The van der Waals surface area contributed by atoms with Crippen molar-refractivity contribution in [3.63, 3.8) is 0 Å². The molecule has 0 saturated carbocycles. The van der Waals surface area contributed by atoms with Crippen molar-refractivity contribution >= 4 is 15.9 Å². The van der Waals surface area contributed by atoms with Gasteiger partial charge in [0.25, 0.3) is 0 Å². The summed E-state index contributed by atoms with van der Waals surface area (Å²) in [5, 5.41) is 9.69. The van der Waals surface area contributed by atoms with E-state index in [4.69, 9.17) is 9.47 Å². The van der Waals surface area contributed by atoms with E-state index in [0.29, 0.717) is 17.1 Å². The molecule has 0 saturated heterocycles. The van der Waals surface area contributed by atoms with Crippen LogP contribution in [0, 0.1) is 5.82 Å². The summed E-state index contributed by atoms with van der Waals surface area (Å²) in [4.78, 5) is 0. The second-order valence-electron chi connectivity index (χ2n) is 4.60. The van der Waals surface area contributed by atoms with Crippen molar-refractivity contribution in [2.75, 3.05) is 7.11 Å². The molecule has 0 amide bonds. The Hall–Kier alpha value is -1.59. The van der Waals surface area contributed by atoms with E-state index in [1.165, 1.54) is 18.2 Å². The molecule has 1 atom stereocenters. The zero-order valence-corrected chi connectivity index (χ0v) is 13.4. The van der Waals surface area contributed by atoms with E-state index in [1.807, 2.05) is 18.2 Å². The van der Waals surface area contributed by atoms with Gasteiger partial charge in [0.1, 0.15) is 23.9 Å². The highest BCUT2D eigenvalue weighted by Crippen LogP contribution is 2.29. The van der Waals surface area contributed by atoms with E-state index in [2.05, 4.69) is 15.9 Å². The lowest BCUT2D eigenvalue weighted by atomic mass is 10.1. The third-order valence-electron chi connectivity index (χ3n) is 3.05. The maximum Gasteiger partial charge on any atom is 0.125 e. The van der Waals surface area contributed by atoms with Gasteiger partial charge in [-0.15, -0.1) is 0 Å². The summed E-state index contributed by atoms with van der Waals surface area (Å²) in [5.41, 5.74) is 1.27. The van der Waals surface area contributed by atoms with Gasteiger partial charge in [-0.1, -0.05) is 15.9 Å². The molecule has 112 valence electrons. The van der Waals surface area contributed by atoms with E-state index in [-0.39, 0.29) is 6.61 Å². The minimum atomic E-state index is -0.805. The molecule has 0 bridgehead atoms. The van der Waals surface area contributed by atoms with Crippen LogP contribution in [0.3, 0.4) is 0 Å². The normalized spacial score (nSPS) is 12.0. The van der Waals surface area contributed by atoms with Gasteiger partial charge in [-0.3, -0.25) is 0 Å². The van der Waals surface area contributed by atoms with Crippen LogP contribution in [0.4, 0.5) is 4.39 Å². The molecule has 3 nitrogen and oxygen atoms in total. The molecule has 0 spiro atoms. The van der Waals surface area contributed by atoms with Crippen LogP contribution in [0.2, 0.25) is 0 Å². The molecule has 0 heterocycles. The van der Waals surface area contributed by atoms with Crippen LogP contribution in [0.1, 0.15) is 24.2 Å². The highest BCUT2D eigenvalue weighted by molar-refractivity contribution is 9.10. The van der Waals surface area contributed by atoms with Crippen LogP contribution in [0.25, 0.3) is 0 Å². The maximum absolute atomic E-state index is 13.2. The molecule has 0 unspecified atom stereocenters. The average Bonchev–Trinajstić information content (AvgIpc) is 2.46. The largest absolute Gasteiger partial charge is 0.496 e. The maximum atomic E-state index is 13.2. The molecule has 2 rings (SSSR count). The number of aliphatic hydroxyl groups excluding tert-OH is 1. The lowest BCUT2D eigenvalue weighted by molar-refractivity contribution is 0.189. The fourth-order valence-electron chi connectivity index (χ4n) is 1.99. The molecule has 21 heavy (non-hydrogen) atoms. The first-order chi connectivity index (χ1) is 10.0. The molecule has 1 N–H and O–H groups in total. The molecular weight excluding hydrogens is 339 g/mol. The summed E-state index contributed by atoms with van der Waals surface area (Å²) < 4.78 is 25.1. The summed E-state index contributed by atoms with van der Waals surface area (Å²) >= 11 is 3.40. The van der Waals surface area contributed by atoms with Gasteiger partial charge in [0.2, 0.25) is 0 Å². The quantitative estimate of drug-likeness (QED) is 0.873. The Morgan fingerprint density at radius 1 is 1.19 bits per heavy atom. The second kappa shape index (κ2) is 6.91. The first-order valence-corrected chi connectivity index (χ1v) is 7.23. The number of hydrogen-bond donors (Lipinski definition) is 1. The van der Waals surface area contributed by atoms with Gasteiger partial charge in [-0.25, -0.2) is 4.39 Å². The predicted molar refractivity (Wildman–Crippen MR) is 82.1 cm³/mol. The van der Waals surface area contributed by atoms with E-state index in [0.717, 1.165) is 10.0 Å². The van der Waals surface area contributed by atoms with Crippen LogP contribution >= 0.6 is 15.9 Å². The summed E-state index contributed by atoms with van der Waals surface area (Å²) in [6, 6.07) is 9.70. The SMILES string of the molecule is COc1ccc(Br)cc1COc1ccc(F)cc1[C@H](C)O. The summed E-state index contributed by atoms with van der Waals surface area (Å²) in [6.45, 7) is 1.83. The summed E-state index contributed by atoms with van der Waals surface area (Å²) in [7, 11) is 1.59. The van der Waals surface area contributed by atoms with Gasteiger partial charge in [0.05, 0.1) is 13.2 Å². The Morgan fingerprint density at radius 3 is 2.57 bits per heavy atom. The molecule has 0 aromatic heterocycles. The number of halogens is 2. The number of rotatable bonds is 5. The van der Waals surface area contributed by atoms with Gasteiger partial charge in [0.15, 0.2) is 0 Å². The first-order valence-electron chi connectivity index (χ1n) is 6.44. The minimum absolute atomic E-state index is 0.258. The van der Waals surface area contributed by atoms with Crippen molar-refractivity contribution in [1.29, 1.82) is 0 Å². The smallest absolute Gasteiger partial charge is 0.125 e. The minimum Gasteiger partial charge on any atom is -0.496 e. The summed E-state index contributed by atoms with van der Waals surface area (Å²) in [6.07, 6.45) is -0.805. The van der Waals surface area contributed by atoms with Crippen molar-refractivity contribution in [2.24, 2.45) is 0 Å². The molecule has 0 radical (unpaired) electrons. The zero-order valence-electron chi connectivity index (χ0n) is 11.8. The van der Waals surface area contributed by atoms with E-state index in [1.54, 1.807) is 14.0 Å². The lowest BCUT2D eigenvalue weighted by Gasteiger charge is -2.15. The standard InChI is InChI=1S/C16H16BrFO3/c1-10(19)14-8-13(18)4-6-16(14)21-9-11-7-12(17)3-5-15(11)20-2/h3-8,10,19H,9H2,1-2H3/t10-/m0/s1. The van der Waals surface area contributed by atoms with Gasteiger partial charge in [-0.05, 0) is 43.3 Å². The highest BCUT2D eigenvalue weighted by Gasteiger charge is 2.12. The monoisotopic (exact) mass is 354 g/mol. The Labute approximate surface area is 131 Å². The molecular formula is C16H16BrFO3.